The molecule has 0 amide bonds. The maximum absolute atomic E-state index is 11.8. The summed E-state index contributed by atoms with van der Waals surface area (Å²) in [7, 11) is -4.48. The molecule has 5 nitrogen and oxygen atoms in total. The molecule has 0 aromatic carbocycles. The first kappa shape index (κ1) is 22.4. The molecule has 6 heteroatoms. The summed E-state index contributed by atoms with van der Waals surface area (Å²) in [5.41, 5.74) is 0. The molecule has 2 unspecified atom stereocenters. The lowest BCUT2D eigenvalue weighted by atomic mass is 9.92. The number of hydrogen-bond acceptors (Lipinski definition) is 4. The second-order valence-corrected chi connectivity index (χ2v) is 8.09. The molecule has 0 rings (SSSR count). The summed E-state index contributed by atoms with van der Waals surface area (Å²) in [4.78, 5) is 9.72. The van der Waals surface area contributed by atoms with Gasteiger partial charge in [0.05, 0.1) is 0 Å². The SMILES string of the molecule is CCCCCCCCCC(CC)C(C)(OC(=O)CC)S(=O)(=O)O. The van der Waals surface area contributed by atoms with Crippen molar-refractivity contribution in [2.75, 3.05) is 0 Å². The zero-order valence-corrected chi connectivity index (χ0v) is 16.0. The fourth-order valence-electron chi connectivity index (χ4n) is 2.83. The van der Waals surface area contributed by atoms with Gasteiger partial charge in [0.1, 0.15) is 0 Å². The van der Waals surface area contributed by atoms with Crippen LogP contribution in [0.5, 0.6) is 0 Å². The van der Waals surface area contributed by atoms with Crippen molar-refractivity contribution in [2.24, 2.45) is 5.92 Å². The lowest BCUT2D eigenvalue weighted by Crippen LogP contribution is -2.46. The van der Waals surface area contributed by atoms with Crippen LogP contribution in [-0.2, 0) is 19.6 Å². The normalized spacial score (nSPS) is 15.9. The lowest BCUT2D eigenvalue weighted by Gasteiger charge is -2.33. The van der Waals surface area contributed by atoms with E-state index in [0.29, 0.717) is 12.8 Å². The number of unbranched alkanes of at least 4 members (excludes halogenated alkanes) is 6. The Morgan fingerprint density at radius 2 is 1.57 bits per heavy atom. The number of carbonyl (C=O) groups is 1. The topological polar surface area (TPSA) is 80.7 Å². The number of carbonyl (C=O) groups excluding carboxylic acids is 1. The largest absolute Gasteiger partial charge is 0.440 e. The third-order valence-electron chi connectivity index (χ3n) is 4.51. The van der Waals surface area contributed by atoms with E-state index in [9.17, 15) is 17.8 Å². The minimum Gasteiger partial charge on any atom is -0.440 e. The van der Waals surface area contributed by atoms with E-state index in [1.807, 2.05) is 6.92 Å². The van der Waals surface area contributed by atoms with Gasteiger partial charge in [0, 0.05) is 12.3 Å². The third-order valence-corrected chi connectivity index (χ3v) is 5.95. The van der Waals surface area contributed by atoms with E-state index in [1.165, 1.54) is 32.6 Å². The molecule has 0 bridgehead atoms. The second kappa shape index (κ2) is 11.0. The van der Waals surface area contributed by atoms with Gasteiger partial charge >= 0.3 is 16.1 Å². The van der Waals surface area contributed by atoms with Gasteiger partial charge in [0.2, 0.25) is 4.93 Å². The third kappa shape index (κ3) is 7.66. The number of hydrogen-bond donors (Lipinski definition) is 1. The molecule has 0 fully saturated rings. The van der Waals surface area contributed by atoms with Crippen LogP contribution in [0.2, 0.25) is 0 Å². The number of ether oxygens (including phenoxy) is 1. The minimum absolute atomic E-state index is 0.0823. The maximum atomic E-state index is 11.8. The Morgan fingerprint density at radius 1 is 1.04 bits per heavy atom. The van der Waals surface area contributed by atoms with E-state index in [4.69, 9.17) is 4.74 Å². The van der Waals surface area contributed by atoms with E-state index < -0.39 is 26.9 Å². The van der Waals surface area contributed by atoms with Gasteiger partial charge in [0.25, 0.3) is 0 Å². The molecule has 0 heterocycles. The molecule has 0 saturated heterocycles. The molecule has 0 saturated carbocycles. The molecule has 23 heavy (non-hydrogen) atoms. The smallest absolute Gasteiger partial charge is 0.307 e. The average molecular weight is 351 g/mol. The summed E-state index contributed by atoms with van der Waals surface area (Å²) in [6, 6.07) is 0. The summed E-state index contributed by atoms with van der Waals surface area (Å²) >= 11 is 0. The molecule has 0 aromatic rings. The molecule has 0 aliphatic heterocycles. The van der Waals surface area contributed by atoms with Crippen molar-refractivity contribution in [1.29, 1.82) is 0 Å². The Kier molecular flexibility index (Phi) is 10.7. The quantitative estimate of drug-likeness (QED) is 0.295. The van der Waals surface area contributed by atoms with Crippen LogP contribution in [-0.4, -0.2) is 23.9 Å². The molecule has 0 spiro atoms. The highest BCUT2D eigenvalue weighted by Gasteiger charge is 2.47. The fraction of sp³-hybridized carbons (Fsp3) is 0.941. The summed E-state index contributed by atoms with van der Waals surface area (Å²) in [5.74, 6) is -1.01. The molecule has 138 valence electrons. The highest BCUT2D eigenvalue weighted by molar-refractivity contribution is 7.87. The van der Waals surface area contributed by atoms with E-state index in [1.54, 1.807) is 6.92 Å². The van der Waals surface area contributed by atoms with Crippen LogP contribution in [0.25, 0.3) is 0 Å². The van der Waals surface area contributed by atoms with E-state index >= 15 is 0 Å². The average Bonchev–Trinajstić information content (AvgIpc) is 2.48. The molecular weight excluding hydrogens is 316 g/mol. The van der Waals surface area contributed by atoms with Gasteiger partial charge in [-0.25, -0.2) is 0 Å². The Balaban J connectivity index is 4.63. The van der Waals surface area contributed by atoms with Gasteiger partial charge in [-0.3, -0.25) is 9.35 Å². The predicted octanol–water partition coefficient (Wildman–Crippen LogP) is 4.71. The monoisotopic (exact) mass is 350 g/mol. The van der Waals surface area contributed by atoms with Crippen LogP contribution in [0.3, 0.4) is 0 Å². The van der Waals surface area contributed by atoms with Gasteiger partial charge in [-0.15, -0.1) is 0 Å². The molecule has 1 N–H and O–H groups in total. The van der Waals surface area contributed by atoms with Crippen molar-refractivity contribution in [3.8, 4) is 0 Å². The van der Waals surface area contributed by atoms with Crippen LogP contribution < -0.4 is 0 Å². The first-order chi connectivity index (χ1) is 10.7. The first-order valence-corrected chi connectivity index (χ1v) is 10.4. The van der Waals surface area contributed by atoms with Gasteiger partial charge in [-0.2, -0.15) is 8.42 Å². The standard InChI is InChI=1S/C17H34O5S/c1-5-8-9-10-11-12-13-14-15(6-2)17(4,23(19,20)21)22-16(18)7-3/h15H,5-14H2,1-4H3,(H,19,20,21). The second-order valence-electron chi connectivity index (χ2n) is 6.33. The highest BCUT2D eigenvalue weighted by Crippen LogP contribution is 2.34. The van der Waals surface area contributed by atoms with Crippen LogP contribution in [0.15, 0.2) is 0 Å². The zero-order chi connectivity index (χ0) is 17.9. The van der Waals surface area contributed by atoms with E-state index in [2.05, 4.69) is 6.92 Å². The van der Waals surface area contributed by atoms with Crippen molar-refractivity contribution in [3.63, 3.8) is 0 Å². The summed E-state index contributed by atoms with van der Waals surface area (Å²) in [6.45, 7) is 6.95. The van der Waals surface area contributed by atoms with Crippen molar-refractivity contribution in [2.45, 2.75) is 96.8 Å². The molecule has 2 atom stereocenters. The van der Waals surface area contributed by atoms with Crippen molar-refractivity contribution in [3.05, 3.63) is 0 Å². The molecule has 0 aliphatic rings. The van der Waals surface area contributed by atoms with E-state index in [-0.39, 0.29) is 6.42 Å². The summed E-state index contributed by atoms with van der Waals surface area (Å²) < 4.78 is 38.3. The van der Waals surface area contributed by atoms with Crippen molar-refractivity contribution < 1.29 is 22.5 Å². The zero-order valence-electron chi connectivity index (χ0n) is 15.1. The minimum atomic E-state index is -4.48. The Hall–Kier alpha value is -0.620. The van der Waals surface area contributed by atoms with Crippen molar-refractivity contribution in [1.82, 2.24) is 0 Å². The summed E-state index contributed by atoms with van der Waals surface area (Å²) in [6.07, 6.45) is 9.19. The molecular formula is C17H34O5S. The molecule has 0 aliphatic carbocycles. The summed E-state index contributed by atoms with van der Waals surface area (Å²) in [5, 5.41) is 0. The first-order valence-electron chi connectivity index (χ1n) is 8.91. The van der Waals surface area contributed by atoms with Gasteiger partial charge in [-0.05, 0) is 19.8 Å². The van der Waals surface area contributed by atoms with Gasteiger partial charge < -0.3 is 4.74 Å². The molecule has 0 radical (unpaired) electrons. The van der Waals surface area contributed by atoms with Gasteiger partial charge in [0.15, 0.2) is 0 Å². The van der Waals surface area contributed by atoms with Crippen LogP contribution in [0, 0.1) is 5.92 Å². The Bertz CT molecular complexity index is 432. The number of rotatable bonds is 13. The van der Waals surface area contributed by atoms with Crippen LogP contribution in [0.1, 0.15) is 91.9 Å². The lowest BCUT2D eigenvalue weighted by molar-refractivity contribution is -0.155. The predicted molar refractivity (Wildman–Crippen MR) is 92.7 cm³/mol. The van der Waals surface area contributed by atoms with Gasteiger partial charge in [-0.1, -0.05) is 65.7 Å². The highest BCUT2D eigenvalue weighted by atomic mass is 32.2. The van der Waals surface area contributed by atoms with E-state index in [0.717, 1.165) is 19.3 Å². The number of esters is 1. The Morgan fingerprint density at radius 3 is 2.00 bits per heavy atom. The van der Waals surface area contributed by atoms with Crippen LogP contribution in [0.4, 0.5) is 0 Å². The van der Waals surface area contributed by atoms with Crippen molar-refractivity contribution >= 4 is 16.1 Å². The Labute approximate surface area is 141 Å². The maximum Gasteiger partial charge on any atom is 0.307 e. The van der Waals surface area contributed by atoms with Crippen LogP contribution >= 0.6 is 0 Å². The fourth-order valence-corrected chi connectivity index (χ4v) is 3.73. The molecule has 0 aromatic heterocycles.